The molecule has 1 N–H and O–H groups in total. The van der Waals surface area contributed by atoms with Crippen LogP contribution in [0.4, 0.5) is 19.0 Å². The number of alkyl halides is 3. The average Bonchev–Trinajstić information content (AvgIpc) is 3.03. The van der Waals surface area contributed by atoms with E-state index in [1.54, 1.807) is 4.90 Å². The Labute approximate surface area is 140 Å². The Hall–Kier alpha value is -2.91. The van der Waals surface area contributed by atoms with Crippen LogP contribution in [0.25, 0.3) is 0 Å². The van der Waals surface area contributed by atoms with E-state index in [-0.39, 0.29) is 23.4 Å². The van der Waals surface area contributed by atoms with E-state index in [4.69, 9.17) is 4.74 Å². The Morgan fingerprint density at radius 3 is 2.72 bits per heavy atom. The number of carboxylic acids is 1. The molecule has 0 spiro atoms. The van der Waals surface area contributed by atoms with E-state index in [2.05, 4.69) is 15.0 Å². The Bertz CT molecular complexity index is 767. The van der Waals surface area contributed by atoms with E-state index >= 15 is 0 Å². The Kier molecular flexibility index (Phi) is 4.43. The van der Waals surface area contributed by atoms with Crippen molar-refractivity contribution in [3.8, 4) is 5.88 Å². The number of hydrogen-bond acceptors (Lipinski definition) is 6. The lowest BCUT2D eigenvalue weighted by molar-refractivity contribution is -0.137. The van der Waals surface area contributed by atoms with Crippen molar-refractivity contribution in [2.24, 2.45) is 0 Å². The molecule has 3 heterocycles. The molecule has 132 valence electrons. The number of carboxylic acid groups (broad SMARTS) is 1. The van der Waals surface area contributed by atoms with Crippen molar-refractivity contribution < 1.29 is 27.8 Å². The van der Waals surface area contributed by atoms with Gasteiger partial charge in [0.2, 0.25) is 5.88 Å². The summed E-state index contributed by atoms with van der Waals surface area (Å²) in [5, 5.41) is 9.18. The molecule has 0 saturated carbocycles. The van der Waals surface area contributed by atoms with Crippen molar-refractivity contribution in [1.82, 2.24) is 15.0 Å². The molecule has 1 aliphatic heterocycles. The first kappa shape index (κ1) is 16.9. The quantitative estimate of drug-likeness (QED) is 0.901. The molecule has 2 aromatic rings. The summed E-state index contributed by atoms with van der Waals surface area (Å²) >= 11 is 0. The molecule has 1 aliphatic rings. The summed E-state index contributed by atoms with van der Waals surface area (Å²) in [6, 6.07) is 2.07. The third-order valence-electron chi connectivity index (χ3n) is 3.72. The lowest BCUT2D eigenvalue weighted by atomic mass is 10.3. The summed E-state index contributed by atoms with van der Waals surface area (Å²) in [5.41, 5.74) is -0.865. The number of hydrogen-bond donors (Lipinski definition) is 1. The first-order chi connectivity index (χ1) is 11.8. The largest absolute Gasteiger partial charge is 0.477 e. The zero-order valence-corrected chi connectivity index (χ0v) is 12.8. The van der Waals surface area contributed by atoms with Crippen molar-refractivity contribution in [2.75, 3.05) is 18.0 Å². The van der Waals surface area contributed by atoms with Crippen LogP contribution in [0.3, 0.4) is 0 Å². The van der Waals surface area contributed by atoms with Crippen molar-refractivity contribution in [3.05, 3.63) is 42.0 Å². The molecule has 7 nitrogen and oxygen atoms in total. The standard InChI is InChI=1S/C15H13F3N4O3/c16-15(17,18)9-1-2-12(20-5-9)25-10-3-4-22(7-10)13-11(14(23)24)6-19-8-21-13/h1-2,5-6,8,10H,3-4,7H2,(H,23,24). The van der Waals surface area contributed by atoms with E-state index < -0.39 is 17.7 Å². The molecule has 0 aromatic carbocycles. The number of halogens is 3. The second kappa shape index (κ2) is 6.54. The van der Waals surface area contributed by atoms with Crippen LogP contribution in [-0.4, -0.2) is 45.2 Å². The minimum absolute atomic E-state index is 0.0178. The third-order valence-corrected chi connectivity index (χ3v) is 3.72. The molecule has 2 aromatic heterocycles. The van der Waals surface area contributed by atoms with Crippen LogP contribution in [-0.2, 0) is 6.18 Å². The van der Waals surface area contributed by atoms with Crippen LogP contribution >= 0.6 is 0 Å². The molecule has 0 bridgehead atoms. The van der Waals surface area contributed by atoms with Crippen LogP contribution in [0.2, 0.25) is 0 Å². The summed E-state index contributed by atoms with van der Waals surface area (Å²) in [6.07, 6.45) is -1.03. The normalized spacial score (nSPS) is 17.6. The van der Waals surface area contributed by atoms with Gasteiger partial charge >= 0.3 is 12.1 Å². The van der Waals surface area contributed by atoms with Gasteiger partial charge in [-0.25, -0.2) is 19.7 Å². The number of aromatic carboxylic acids is 1. The van der Waals surface area contributed by atoms with Crippen LogP contribution in [0.15, 0.2) is 30.9 Å². The molecule has 0 aliphatic carbocycles. The number of carbonyl (C=O) groups is 1. The van der Waals surface area contributed by atoms with E-state index in [1.807, 2.05) is 0 Å². The predicted octanol–water partition coefficient (Wildman–Crippen LogP) is 2.25. The van der Waals surface area contributed by atoms with E-state index in [0.29, 0.717) is 19.5 Å². The lowest BCUT2D eigenvalue weighted by Crippen LogP contribution is -2.27. The average molecular weight is 354 g/mol. The molecule has 0 amide bonds. The summed E-state index contributed by atoms with van der Waals surface area (Å²) in [7, 11) is 0. The van der Waals surface area contributed by atoms with Gasteiger partial charge in [-0.15, -0.1) is 0 Å². The van der Waals surface area contributed by atoms with Gasteiger partial charge in [-0.05, 0) is 6.07 Å². The maximum absolute atomic E-state index is 12.5. The molecule has 1 saturated heterocycles. The summed E-state index contributed by atoms with van der Waals surface area (Å²) in [5.74, 6) is -0.764. The van der Waals surface area contributed by atoms with Crippen LogP contribution in [0.1, 0.15) is 22.3 Å². The first-order valence-electron chi connectivity index (χ1n) is 7.33. The highest BCUT2D eigenvalue weighted by Gasteiger charge is 2.31. The highest BCUT2D eigenvalue weighted by atomic mass is 19.4. The second-order valence-electron chi connectivity index (χ2n) is 5.42. The first-order valence-corrected chi connectivity index (χ1v) is 7.33. The number of rotatable bonds is 4. The Balaban J connectivity index is 1.67. The monoisotopic (exact) mass is 354 g/mol. The molecule has 10 heteroatoms. The summed E-state index contributed by atoms with van der Waals surface area (Å²) in [6.45, 7) is 0.850. The molecule has 0 radical (unpaired) electrons. The number of ether oxygens (including phenoxy) is 1. The molecule has 1 atom stereocenters. The minimum atomic E-state index is -4.45. The fraction of sp³-hybridized carbons (Fsp3) is 0.333. The predicted molar refractivity (Wildman–Crippen MR) is 79.5 cm³/mol. The molecule has 1 fully saturated rings. The minimum Gasteiger partial charge on any atom is -0.477 e. The molecular formula is C15H13F3N4O3. The van der Waals surface area contributed by atoms with Crippen LogP contribution in [0.5, 0.6) is 5.88 Å². The third kappa shape index (κ3) is 3.78. The smallest absolute Gasteiger partial charge is 0.417 e. The zero-order chi connectivity index (χ0) is 18.0. The van der Waals surface area contributed by atoms with Crippen molar-refractivity contribution in [2.45, 2.75) is 18.7 Å². The van der Waals surface area contributed by atoms with Crippen LogP contribution in [0, 0.1) is 0 Å². The maximum Gasteiger partial charge on any atom is 0.417 e. The highest BCUT2D eigenvalue weighted by Crippen LogP contribution is 2.30. The molecule has 25 heavy (non-hydrogen) atoms. The maximum atomic E-state index is 12.5. The topological polar surface area (TPSA) is 88.4 Å². The molecular weight excluding hydrogens is 341 g/mol. The Morgan fingerprint density at radius 1 is 1.28 bits per heavy atom. The molecule has 1 unspecified atom stereocenters. The SMILES string of the molecule is O=C(O)c1cncnc1N1CCC(Oc2ccc(C(F)(F)F)cn2)C1. The fourth-order valence-corrected chi connectivity index (χ4v) is 2.53. The number of aromatic nitrogens is 3. The van der Waals surface area contributed by atoms with Crippen molar-refractivity contribution in [1.29, 1.82) is 0 Å². The van der Waals surface area contributed by atoms with Gasteiger partial charge in [-0.1, -0.05) is 0 Å². The second-order valence-corrected chi connectivity index (χ2v) is 5.42. The number of pyridine rings is 1. The van der Waals surface area contributed by atoms with E-state index in [9.17, 15) is 23.1 Å². The van der Waals surface area contributed by atoms with Gasteiger partial charge in [0.15, 0.2) is 0 Å². The van der Waals surface area contributed by atoms with Gasteiger partial charge in [-0.3, -0.25) is 0 Å². The van der Waals surface area contributed by atoms with Gasteiger partial charge in [0.1, 0.15) is 23.8 Å². The van der Waals surface area contributed by atoms with E-state index in [0.717, 1.165) is 12.3 Å². The zero-order valence-electron chi connectivity index (χ0n) is 12.8. The number of anilines is 1. The Morgan fingerprint density at radius 2 is 2.08 bits per heavy atom. The number of nitrogens with zero attached hydrogens (tertiary/aromatic N) is 4. The highest BCUT2D eigenvalue weighted by molar-refractivity contribution is 5.92. The summed E-state index contributed by atoms with van der Waals surface area (Å²) in [4.78, 5) is 24.3. The van der Waals surface area contributed by atoms with E-state index in [1.165, 1.54) is 18.6 Å². The van der Waals surface area contributed by atoms with Gasteiger partial charge < -0.3 is 14.7 Å². The van der Waals surface area contributed by atoms with Gasteiger partial charge in [0, 0.05) is 31.4 Å². The van der Waals surface area contributed by atoms with Gasteiger partial charge in [0.25, 0.3) is 0 Å². The van der Waals surface area contributed by atoms with Gasteiger partial charge in [0.05, 0.1) is 12.1 Å². The van der Waals surface area contributed by atoms with Crippen molar-refractivity contribution >= 4 is 11.8 Å². The fourth-order valence-electron chi connectivity index (χ4n) is 2.53. The van der Waals surface area contributed by atoms with Gasteiger partial charge in [-0.2, -0.15) is 13.2 Å². The summed E-state index contributed by atoms with van der Waals surface area (Å²) < 4.78 is 43.1. The molecule has 3 rings (SSSR count). The van der Waals surface area contributed by atoms with Crippen molar-refractivity contribution in [3.63, 3.8) is 0 Å². The lowest BCUT2D eigenvalue weighted by Gasteiger charge is -2.19. The van der Waals surface area contributed by atoms with Crippen LogP contribution < -0.4 is 9.64 Å².